The maximum absolute atomic E-state index is 12.7. The van der Waals surface area contributed by atoms with Gasteiger partial charge >= 0.3 is 0 Å². The molecule has 6 nitrogen and oxygen atoms in total. The minimum Gasteiger partial charge on any atom is -0.490 e. The van der Waals surface area contributed by atoms with Crippen molar-refractivity contribution in [2.45, 2.75) is 52.7 Å². The summed E-state index contributed by atoms with van der Waals surface area (Å²) in [5.41, 5.74) is 0.486. The van der Waals surface area contributed by atoms with Crippen LogP contribution >= 0.6 is 0 Å². The topological polar surface area (TPSA) is 66.0 Å². The maximum atomic E-state index is 12.7. The molecule has 0 bridgehead atoms. The summed E-state index contributed by atoms with van der Waals surface area (Å²) in [6.45, 7) is 9.85. The molecule has 1 aliphatic rings. The van der Waals surface area contributed by atoms with E-state index in [-0.39, 0.29) is 18.1 Å². The highest BCUT2D eigenvalue weighted by molar-refractivity contribution is 5.95. The van der Waals surface area contributed by atoms with E-state index in [0.29, 0.717) is 42.6 Å². The van der Waals surface area contributed by atoms with E-state index in [0.717, 1.165) is 19.4 Å². The Kier molecular flexibility index (Phi) is 7.37. The molecule has 1 heterocycles. The van der Waals surface area contributed by atoms with Gasteiger partial charge in [0.25, 0.3) is 5.91 Å². The molecule has 0 radical (unpaired) electrons. The van der Waals surface area contributed by atoms with Crippen LogP contribution in [-0.4, -0.2) is 44.5 Å². The maximum Gasteiger partial charge on any atom is 0.251 e. The summed E-state index contributed by atoms with van der Waals surface area (Å²) in [4.78, 5) is 12.7. The summed E-state index contributed by atoms with van der Waals surface area (Å²) < 4.78 is 22.6. The smallest absolute Gasteiger partial charge is 0.251 e. The minimum atomic E-state index is -0.173. The van der Waals surface area contributed by atoms with Crippen LogP contribution in [0.2, 0.25) is 0 Å². The van der Waals surface area contributed by atoms with Crippen molar-refractivity contribution in [3.63, 3.8) is 0 Å². The second-order valence-electron chi connectivity index (χ2n) is 5.91. The summed E-state index contributed by atoms with van der Waals surface area (Å²) in [6, 6.07) is 3.36. The number of rotatable bonds is 9. The molecule has 0 unspecified atom stereocenters. The van der Waals surface area contributed by atoms with E-state index in [1.807, 2.05) is 27.7 Å². The Morgan fingerprint density at radius 2 is 1.76 bits per heavy atom. The summed E-state index contributed by atoms with van der Waals surface area (Å²) in [7, 11) is 0. The lowest BCUT2D eigenvalue weighted by molar-refractivity contribution is 0.0712. The minimum absolute atomic E-state index is 0.0485. The quantitative estimate of drug-likeness (QED) is 0.740. The molecule has 0 aliphatic carbocycles. The van der Waals surface area contributed by atoms with Crippen LogP contribution in [0.3, 0.4) is 0 Å². The highest BCUT2D eigenvalue weighted by Crippen LogP contribution is 2.39. The van der Waals surface area contributed by atoms with Crippen LogP contribution in [0, 0.1) is 0 Å². The van der Waals surface area contributed by atoms with Gasteiger partial charge < -0.3 is 24.3 Å². The molecule has 1 aliphatic heterocycles. The lowest BCUT2D eigenvalue weighted by Gasteiger charge is -2.21. The van der Waals surface area contributed by atoms with Gasteiger partial charge in [0.15, 0.2) is 11.5 Å². The molecule has 1 aromatic rings. The fourth-order valence-electron chi connectivity index (χ4n) is 2.90. The second-order valence-corrected chi connectivity index (χ2v) is 5.91. The normalized spacial score (nSPS) is 17.8. The number of hydrogen-bond acceptors (Lipinski definition) is 5. The van der Waals surface area contributed by atoms with E-state index in [1.165, 1.54) is 0 Å². The molecule has 0 spiro atoms. The largest absolute Gasteiger partial charge is 0.490 e. The van der Waals surface area contributed by atoms with Crippen LogP contribution in [0.25, 0.3) is 0 Å². The van der Waals surface area contributed by atoms with Crippen LogP contribution < -0.4 is 19.5 Å². The van der Waals surface area contributed by atoms with Gasteiger partial charge in [-0.2, -0.15) is 0 Å². The van der Waals surface area contributed by atoms with Gasteiger partial charge in [0, 0.05) is 12.2 Å². The van der Waals surface area contributed by atoms with Gasteiger partial charge in [0.2, 0.25) is 5.75 Å². The number of benzene rings is 1. The molecule has 2 atom stereocenters. The Bertz CT molecular complexity index is 542. The lowest BCUT2D eigenvalue weighted by atomic mass is 10.1. The van der Waals surface area contributed by atoms with Crippen molar-refractivity contribution in [2.24, 2.45) is 0 Å². The number of carbonyl (C=O) groups excluding carboxylic acids is 1. The van der Waals surface area contributed by atoms with Crippen LogP contribution in [0.1, 0.15) is 50.9 Å². The third-order valence-electron chi connectivity index (χ3n) is 4.05. The Labute approximate surface area is 149 Å². The predicted octanol–water partition coefficient (Wildman–Crippen LogP) is 3.18. The van der Waals surface area contributed by atoms with E-state index < -0.39 is 0 Å². The molecule has 1 saturated heterocycles. The zero-order valence-electron chi connectivity index (χ0n) is 15.6. The molecular weight excluding hydrogens is 322 g/mol. The Hall–Kier alpha value is -1.95. The van der Waals surface area contributed by atoms with E-state index in [2.05, 4.69) is 5.32 Å². The first-order valence-electron chi connectivity index (χ1n) is 9.09. The van der Waals surface area contributed by atoms with Crippen LogP contribution in [0.4, 0.5) is 0 Å². The molecule has 0 aromatic heterocycles. The Morgan fingerprint density at radius 1 is 1.16 bits per heavy atom. The molecule has 1 amide bonds. The number of nitrogens with one attached hydrogen (secondary N) is 1. The fourth-order valence-corrected chi connectivity index (χ4v) is 2.90. The number of hydrogen-bond donors (Lipinski definition) is 1. The standard InChI is InChI=1S/C19H29NO5/c1-5-22-16-11-14(12-17(23-6-2)18(16)24-7-3)19(21)20-13(4)15-9-8-10-25-15/h11-13,15H,5-10H2,1-4H3,(H,20,21)/t13-,15+/m0/s1. The van der Waals surface area contributed by atoms with Crippen molar-refractivity contribution in [1.29, 1.82) is 0 Å². The van der Waals surface area contributed by atoms with Crippen LogP contribution in [0.5, 0.6) is 17.2 Å². The molecule has 140 valence electrons. The summed E-state index contributed by atoms with van der Waals surface area (Å²) >= 11 is 0. The molecule has 1 aromatic carbocycles. The SMILES string of the molecule is CCOc1cc(C(=O)N[C@@H](C)[C@H]2CCCO2)cc(OCC)c1OCC. The molecule has 25 heavy (non-hydrogen) atoms. The molecule has 6 heteroatoms. The first-order chi connectivity index (χ1) is 12.1. The molecule has 1 N–H and O–H groups in total. The van der Waals surface area contributed by atoms with Gasteiger partial charge in [-0.25, -0.2) is 0 Å². The van der Waals surface area contributed by atoms with Gasteiger partial charge in [-0.3, -0.25) is 4.79 Å². The molecular formula is C19H29NO5. The highest BCUT2D eigenvalue weighted by atomic mass is 16.5. The third kappa shape index (κ3) is 5.01. The average Bonchev–Trinajstić information content (AvgIpc) is 3.12. The van der Waals surface area contributed by atoms with Crippen molar-refractivity contribution < 1.29 is 23.7 Å². The predicted molar refractivity (Wildman–Crippen MR) is 95.9 cm³/mol. The Morgan fingerprint density at radius 3 is 2.24 bits per heavy atom. The molecule has 0 saturated carbocycles. The van der Waals surface area contributed by atoms with Gasteiger partial charge in [0.1, 0.15) is 0 Å². The van der Waals surface area contributed by atoms with E-state index in [1.54, 1.807) is 12.1 Å². The summed E-state index contributed by atoms with van der Waals surface area (Å²) in [6.07, 6.45) is 2.08. The van der Waals surface area contributed by atoms with Crippen LogP contribution in [0.15, 0.2) is 12.1 Å². The summed E-state index contributed by atoms with van der Waals surface area (Å²) in [5.74, 6) is 1.40. The van der Waals surface area contributed by atoms with Crippen molar-refractivity contribution >= 4 is 5.91 Å². The van der Waals surface area contributed by atoms with Crippen LogP contribution in [-0.2, 0) is 4.74 Å². The first-order valence-corrected chi connectivity index (χ1v) is 9.09. The lowest BCUT2D eigenvalue weighted by Crippen LogP contribution is -2.40. The zero-order chi connectivity index (χ0) is 18.2. The summed E-state index contributed by atoms with van der Waals surface area (Å²) in [5, 5.41) is 3.01. The first kappa shape index (κ1) is 19.4. The number of ether oxygens (including phenoxy) is 4. The van der Waals surface area contributed by atoms with E-state index in [9.17, 15) is 4.79 Å². The average molecular weight is 351 g/mol. The molecule has 2 rings (SSSR count). The van der Waals surface area contributed by atoms with Crippen molar-refractivity contribution in [3.8, 4) is 17.2 Å². The van der Waals surface area contributed by atoms with Gasteiger partial charge in [0.05, 0.1) is 32.0 Å². The number of amides is 1. The molecule has 1 fully saturated rings. The number of carbonyl (C=O) groups is 1. The van der Waals surface area contributed by atoms with Crippen molar-refractivity contribution in [1.82, 2.24) is 5.32 Å². The van der Waals surface area contributed by atoms with Crippen molar-refractivity contribution in [3.05, 3.63) is 17.7 Å². The second kappa shape index (κ2) is 9.51. The van der Waals surface area contributed by atoms with E-state index in [4.69, 9.17) is 18.9 Å². The zero-order valence-corrected chi connectivity index (χ0v) is 15.6. The van der Waals surface area contributed by atoms with E-state index >= 15 is 0 Å². The highest BCUT2D eigenvalue weighted by Gasteiger charge is 2.25. The van der Waals surface area contributed by atoms with Crippen molar-refractivity contribution in [2.75, 3.05) is 26.4 Å². The monoisotopic (exact) mass is 351 g/mol. The van der Waals surface area contributed by atoms with Gasteiger partial charge in [-0.05, 0) is 52.7 Å². The van der Waals surface area contributed by atoms with Gasteiger partial charge in [-0.15, -0.1) is 0 Å². The Balaban J connectivity index is 2.24. The fraction of sp³-hybridized carbons (Fsp3) is 0.632. The van der Waals surface area contributed by atoms with Gasteiger partial charge in [-0.1, -0.05) is 0 Å². The third-order valence-corrected chi connectivity index (χ3v) is 4.05.